The fourth-order valence-electron chi connectivity index (χ4n) is 2.85. The number of halogens is 2. The van der Waals surface area contributed by atoms with Crippen molar-refractivity contribution in [3.05, 3.63) is 120 Å². The molecular weight excluding hydrogens is 386 g/mol. The van der Waals surface area contributed by atoms with Crippen LogP contribution in [0.2, 0.25) is 0 Å². The molecule has 0 amide bonds. The van der Waals surface area contributed by atoms with Crippen molar-refractivity contribution in [2.45, 2.75) is 0 Å². The second-order valence-corrected chi connectivity index (χ2v) is 6.50. The Labute approximate surface area is 172 Å². The molecule has 30 heavy (non-hydrogen) atoms. The van der Waals surface area contributed by atoms with Crippen molar-refractivity contribution >= 4 is 5.78 Å². The maximum Gasteiger partial charge on any atom is 0.193 e. The minimum Gasteiger partial charge on any atom is -0.457 e. The molecule has 0 radical (unpaired) electrons. The quantitative estimate of drug-likeness (QED) is 0.334. The number of carbonyl (C=O) groups is 1. The molecule has 5 heteroatoms. The summed E-state index contributed by atoms with van der Waals surface area (Å²) in [6.45, 7) is 0. The first-order valence-electron chi connectivity index (χ1n) is 9.18. The summed E-state index contributed by atoms with van der Waals surface area (Å²) in [5, 5.41) is 0. The zero-order valence-corrected chi connectivity index (χ0v) is 15.7. The molecule has 0 bridgehead atoms. The van der Waals surface area contributed by atoms with Crippen molar-refractivity contribution in [3.63, 3.8) is 0 Å². The van der Waals surface area contributed by atoms with E-state index in [0.29, 0.717) is 34.1 Å². The highest BCUT2D eigenvalue weighted by atomic mass is 19.1. The van der Waals surface area contributed by atoms with E-state index in [1.165, 1.54) is 24.3 Å². The fraction of sp³-hybridized carbons (Fsp3) is 0. The van der Waals surface area contributed by atoms with Crippen LogP contribution in [-0.2, 0) is 0 Å². The van der Waals surface area contributed by atoms with Gasteiger partial charge in [-0.05, 0) is 72.8 Å². The summed E-state index contributed by atoms with van der Waals surface area (Å²) >= 11 is 0. The number of benzene rings is 4. The van der Waals surface area contributed by atoms with Crippen molar-refractivity contribution in [3.8, 4) is 23.0 Å². The summed E-state index contributed by atoms with van der Waals surface area (Å²) in [4.78, 5) is 12.7. The third-order valence-electron chi connectivity index (χ3n) is 4.30. The smallest absolute Gasteiger partial charge is 0.193 e. The topological polar surface area (TPSA) is 35.5 Å². The molecule has 0 saturated heterocycles. The van der Waals surface area contributed by atoms with Gasteiger partial charge in [0.2, 0.25) is 0 Å². The number of hydrogen-bond donors (Lipinski definition) is 0. The Bertz CT molecular complexity index is 1080. The van der Waals surface area contributed by atoms with Crippen LogP contribution in [0.1, 0.15) is 15.9 Å². The van der Waals surface area contributed by atoms with Crippen LogP contribution in [0.25, 0.3) is 0 Å². The molecule has 0 N–H and O–H groups in total. The van der Waals surface area contributed by atoms with Gasteiger partial charge in [0.15, 0.2) is 5.78 Å². The van der Waals surface area contributed by atoms with Crippen LogP contribution in [0.15, 0.2) is 97.1 Å². The van der Waals surface area contributed by atoms with E-state index < -0.39 is 0 Å². The van der Waals surface area contributed by atoms with Crippen LogP contribution < -0.4 is 9.47 Å². The van der Waals surface area contributed by atoms with Crippen LogP contribution in [0.5, 0.6) is 23.0 Å². The lowest BCUT2D eigenvalue weighted by molar-refractivity contribution is 0.103. The maximum absolute atomic E-state index is 13.2. The molecule has 4 aromatic rings. The minimum absolute atomic E-state index is 0.162. The van der Waals surface area contributed by atoms with Gasteiger partial charge >= 0.3 is 0 Å². The van der Waals surface area contributed by atoms with Gasteiger partial charge in [0.05, 0.1) is 0 Å². The maximum atomic E-state index is 13.2. The minimum atomic E-state index is -0.385. The summed E-state index contributed by atoms with van der Waals surface area (Å²) in [6, 6.07) is 24.9. The summed E-state index contributed by atoms with van der Waals surface area (Å²) < 4.78 is 37.7. The largest absolute Gasteiger partial charge is 0.457 e. The molecule has 0 aromatic heterocycles. The molecule has 0 aliphatic rings. The third-order valence-corrected chi connectivity index (χ3v) is 4.30. The van der Waals surface area contributed by atoms with E-state index in [0.717, 1.165) is 0 Å². The molecule has 0 aliphatic carbocycles. The molecule has 0 atom stereocenters. The first kappa shape index (κ1) is 19.3. The molecule has 0 heterocycles. The summed E-state index contributed by atoms with van der Waals surface area (Å²) in [5.74, 6) is 0.816. The van der Waals surface area contributed by atoms with E-state index in [2.05, 4.69) is 0 Å². The average Bonchev–Trinajstić information content (AvgIpc) is 2.74. The first-order chi connectivity index (χ1) is 14.6. The highest BCUT2D eigenvalue weighted by Crippen LogP contribution is 2.25. The van der Waals surface area contributed by atoms with Crippen molar-refractivity contribution in [2.24, 2.45) is 0 Å². The van der Waals surface area contributed by atoms with E-state index in [-0.39, 0.29) is 17.4 Å². The molecule has 0 unspecified atom stereocenters. The number of ether oxygens (including phenoxy) is 2. The Balaban J connectivity index is 1.43. The Kier molecular flexibility index (Phi) is 5.52. The van der Waals surface area contributed by atoms with Crippen LogP contribution in [0.4, 0.5) is 8.78 Å². The molecule has 0 aliphatic heterocycles. The van der Waals surface area contributed by atoms with Gasteiger partial charge in [0.25, 0.3) is 0 Å². The number of carbonyl (C=O) groups excluding carboxylic acids is 1. The Morgan fingerprint density at radius 3 is 1.30 bits per heavy atom. The average molecular weight is 402 g/mol. The van der Waals surface area contributed by atoms with Crippen molar-refractivity contribution in [2.75, 3.05) is 0 Å². The summed E-state index contributed by atoms with van der Waals surface area (Å²) in [5.41, 5.74) is 0.973. The van der Waals surface area contributed by atoms with Gasteiger partial charge < -0.3 is 9.47 Å². The highest BCUT2D eigenvalue weighted by Gasteiger charge is 2.10. The van der Waals surface area contributed by atoms with Crippen molar-refractivity contribution < 1.29 is 23.0 Å². The van der Waals surface area contributed by atoms with Gasteiger partial charge in [-0.2, -0.15) is 0 Å². The standard InChI is InChI=1S/C25H16F2O3/c26-19-3-1-5-23(15-19)29-21-11-7-17(8-12-21)25(28)18-9-13-22(14-10-18)30-24-6-2-4-20(27)16-24/h1-16H. The van der Waals surface area contributed by atoms with Gasteiger partial charge in [-0.15, -0.1) is 0 Å². The van der Waals surface area contributed by atoms with Crippen LogP contribution >= 0.6 is 0 Å². The predicted molar refractivity (Wildman–Crippen MR) is 109 cm³/mol. The lowest BCUT2D eigenvalue weighted by atomic mass is 10.0. The summed E-state index contributed by atoms with van der Waals surface area (Å²) in [7, 11) is 0. The number of ketones is 1. The predicted octanol–water partition coefficient (Wildman–Crippen LogP) is 6.78. The first-order valence-corrected chi connectivity index (χ1v) is 9.18. The molecular formula is C25H16F2O3. The molecule has 3 nitrogen and oxygen atoms in total. The second-order valence-electron chi connectivity index (χ2n) is 6.50. The van der Waals surface area contributed by atoms with E-state index in [1.807, 2.05) is 0 Å². The molecule has 0 saturated carbocycles. The van der Waals surface area contributed by atoms with Gasteiger partial charge in [0, 0.05) is 23.3 Å². The molecule has 0 fully saturated rings. The highest BCUT2D eigenvalue weighted by molar-refractivity contribution is 6.09. The normalized spacial score (nSPS) is 10.5. The van der Waals surface area contributed by atoms with Gasteiger partial charge in [-0.3, -0.25) is 4.79 Å². The Hall–Kier alpha value is -3.99. The Morgan fingerprint density at radius 1 is 0.533 bits per heavy atom. The van der Waals surface area contributed by atoms with E-state index in [1.54, 1.807) is 72.8 Å². The zero-order chi connectivity index (χ0) is 20.9. The molecule has 4 rings (SSSR count). The van der Waals surface area contributed by atoms with Crippen LogP contribution in [-0.4, -0.2) is 5.78 Å². The van der Waals surface area contributed by atoms with Gasteiger partial charge in [-0.25, -0.2) is 8.78 Å². The Morgan fingerprint density at radius 2 is 0.933 bits per heavy atom. The monoisotopic (exact) mass is 402 g/mol. The fourth-order valence-corrected chi connectivity index (χ4v) is 2.85. The second kappa shape index (κ2) is 8.57. The van der Waals surface area contributed by atoms with E-state index in [9.17, 15) is 13.6 Å². The molecule has 148 valence electrons. The van der Waals surface area contributed by atoms with Crippen molar-refractivity contribution in [1.82, 2.24) is 0 Å². The van der Waals surface area contributed by atoms with Gasteiger partial charge in [-0.1, -0.05) is 12.1 Å². The van der Waals surface area contributed by atoms with Gasteiger partial charge in [0.1, 0.15) is 34.6 Å². The lowest BCUT2D eigenvalue weighted by Crippen LogP contribution is -2.01. The SMILES string of the molecule is O=C(c1ccc(Oc2cccc(F)c2)cc1)c1ccc(Oc2cccc(F)c2)cc1. The molecule has 4 aromatic carbocycles. The van der Waals surface area contributed by atoms with Crippen LogP contribution in [0, 0.1) is 11.6 Å². The van der Waals surface area contributed by atoms with Crippen molar-refractivity contribution in [1.29, 1.82) is 0 Å². The molecule has 0 spiro atoms. The van der Waals surface area contributed by atoms with Crippen LogP contribution in [0.3, 0.4) is 0 Å². The third kappa shape index (κ3) is 4.70. The van der Waals surface area contributed by atoms with E-state index >= 15 is 0 Å². The summed E-state index contributed by atoms with van der Waals surface area (Å²) in [6.07, 6.45) is 0. The lowest BCUT2D eigenvalue weighted by Gasteiger charge is -2.08. The van der Waals surface area contributed by atoms with E-state index in [4.69, 9.17) is 9.47 Å². The number of rotatable bonds is 6. The number of hydrogen-bond acceptors (Lipinski definition) is 3. The zero-order valence-electron chi connectivity index (χ0n) is 15.7.